The summed E-state index contributed by atoms with van der Waals surface area (Å²) in [7, 11) is 0. The molecule has 0 bridgehead atoms. The fourth-order valence-corrected chi connectivity index (χ4v) is 3.28. The van der Waals surface area contributed by atoms with Crippen molar-refractivity contribution in [3.05, 3.63) is 0 Å². The molecule has 0 radical (unpaired) electrons. The zero-order chi connectivity index (χ0) is 10.3. The highest BCUT2D eigenvalue weighted by molar-refractivity contribution is 4.99. The van der Waals surface area contributed by atoms with Gasteiger partial charge in [0.05, 0.1) is 0 Å². The molecule has 1 N–H and O–H groups in total. The van der Waals surface area contributed by atoms with Crippen molar-refractivity contribution in [2.45, 2.75) is 69.5 Å². The van der Waals surface area contributed by atoms with E-state index in [0.717, 1.165) is 25.8 Å². The largest absolute Gasteiger partial charge is 0.343 e. The van der Waals surface area contributed by atoms with Crippen LogP contribution in [0.25, 0.3) is 0 Å². The fourth-order valence-electron chi connectivity index (χ4n) is 3.28. The van der Waals surface area contributed by atoms with E-state index in [0.29, 0.717) is 18.2 Å². The summed E-state index contributed by atoms with van der Waals surface area (Å²) in [5.74, 6) is -0.191. The van der Waals surface area contributed by atoms with Crippen molar-refractivity contribution in [3.63, 3.8) is 0 Å². The molecule has 0 aromatic rings. The Balaban J connectivity index is 1.72. The van der Waals surface area contributed by atoms with Crippen LogP contribution in [0.4, 0.5) is 0 Å². The highest BCUT2D eigenvalue weighted by Gasteiger charge is 2.52. The molecular formula is C12H21NO2. The topological polar surface area (TPSA) is 30.5 Å². The number of hydrogen-bond acceptors (Lipinski definition) is 3. The molecule has 0 aromatic heterocycles. The Hall–Kier alpha value is -0.120. The second-order valence-electron chi connectivity index (χ2n) is 5.13. The van der Waals surface area contributed by atoms with Crippen molar-refractivity contribution in [1.82, 2.24) is 5.32 Å². The van der Waals surface area contributed by atoms with E-state index in [4.69, 9.17) is 9.47 Å². The van der Waals surface area contributed by atoms with Gasteiger partial charge in [0.15, 0.2) is 5.79 Å². The minimum Gasteiger partial charge on any atom is -0.343 e. The van der Waals surface area contributed by atoms with Crippen LogP contribution in [-0.2, 0) is 9.47 Å². The zero-order valence-corrected chi connectivity index (χ0v) is 9.50. The van der Waals surface area contributed by atoms with Gasteiger partial charge in [0.25, 0.3) is 0 Å². The highest BCUT2D eigenvalue weighted by atomic mass is 16.8. The summed E-state index contributed by atoms with van der Waals surface area (Å²) in [5.41, 5.74) is 0. The van der Waals surface area contributed by atoms with Crippen molar-refractivity contribution < 1.29 is 9.47 Å². The quantitative estimate of drug-likeness (QED) is 0.717. The van der Waals surface area contributed by atoms with Gasteiger partial charge in [-0.2, -0.15) is 0 Å². The third-order valence-corrected chi connectivity index (χ3v) is 4.12. The standard InChI is InChI=1S/C12H21NO2/c1-2-9-11-10(8-13-9)14-12(15-11)6-4-3-5-7-12/h9-11,13H,2-8H2,1H3/t9-,10+,11-/m1/s1. The zero-order valence-electron chi connectivity index (χ0n) is 9.50. The van der Waals surface area contributed by atoms with E-state index in [1.54, 1.807) is 0 Å². The van der Waals surface area contributed by atoms with Crippen LogP contribution in [0.1, 0.15) is 45.4 Å². The highest BCUT2D eigenvalue weighted by Crippen LogP contribution is 2.42. The van der Waals surface area contributed by atoms with E-state index in [9.17, 15) is 0 Å². The molecule has 1 aliphatic carbocycles. The van der Waals surface area contributed by atoms with E-state index >= 15 is 0 Å². The summed E-state index contributed by atoms with van der Waals surface area (Å²) in [6.07, 6.45) is 7.86. The van der Waals surface area contributed by atoms with Crippen LogP contribution in [0.15, 0.2) is 0 Å². The monoisotopic (exact) mass is 211 g/mol. The van der Waals surface area contributed by atoms with E-state index < -0.39 is 0 Å². The van der Waals surface area contributed by atoms with Crippen LogP contribution in [0.5, 0.6) is 0 Å². The number of nitrogens with one attached hydrogen (secondary N) is 1. The number of hydrogen-bond donors (Lipinski definition) is 1. The van der Waals surface area contributed by atoms with E-state index in [1.807, 2.05) is 0 Å². The fraction of sp³-hybridized carbons (Fsp3) is 1.00. The van der Waals surface area contributed by atoms with Crippen LogP contribution < -0.4 is 5.32 Å². The first-order chi connectivity index (χ1) is 7.33. The van der Waals surface area contributed by atoms with Gasteiger partial charge in [0, 0.05) is 25.4 Å². The van der Waals surface area contributed by atoms with E-state index in [-0.39, 0.29) is 5.79 Å². The summed E-state index contributed by atoms with van der Waals surface area (Å²) < 4.78 is 12.4. The van der Waals surface area contributed by atoms with E-state index in [2.05, 4.69) is 12.2 Å². The summed E-state index contributed by atoms with van der Waals surface area (Å²) >= 11 is 0. The van der Waals surface area contributed by atoms with Crippen LogP contribution in [0.2, 0.25) is 0 Å². The second kappa shape index (κ2) is 3.72. The maximum Gasteiger partial charge on any atom is 0.169 e. The third-order valence-electron chi connectivity index (χ3n) is 4.12. The van der Waals surface area contributed by atoms with Gasteiger partial charge >= 0.3 is 0 Å². The third kappa shape index (κ3) is 1.61. The lowest BCUT2D eigenvalue weighted by Gasteiger charge is -2.33. The van der Waals surface area contributed by atoms with Gasteiger partial charge in [-0.3, -0.25) is 0 Å². The summed E-state index contributed by atoms with van der Waals surface area (Å²) in [4.78, 5) is 0. The first-order valence-corrected chi connectivity index (χ1v) is 6.42. The first-order valence-electron chi connectivity index (χ1n) is 6.42. The van der Waals surface area contributed by atoms with Gasteiger partial charge in [-0.15, -0.1) is 0 Å². The minimum absolute atomic E-state index is 0.191. The molecule has 0 amide bonds. The molecule has 3 nitrogen and oxygen atoms in total. The van der Waals surface area contributed by atoms with Gasteiger partial charge in [-0.1, -0.05) is 13.3 Å². The Morgan fingerprint density at radius 1 is 1.20 bits per heavy atom. The molecule has 86 valence electrons. The Labute approximate surface area is 91.5 Å². The van der Waals surface area contributed by atoms with Gasteiger partial charge in [0.1, 0.15) is 12.2 Å². The van der Waals surface area contributed by atoms with Crippen LogP contribution >= 0.6 is 0 Å². The van der Waals surface area contributed by atoms with Crippen molar-refractivity contribution in [2.75, 3.05) is 6.54 Å². The normalized spacial score (nSPS) is 43.4. The number of rotatable bonds is 1. The van der Waals surface area contributed by atoms with Gasteiger partial charge in [-0.05, 0) is 19.3 Å². The average molecular weight is 211 g/mol. The average Bonchev–Trinajstić information content (AvgIpc) is 2.76. The summed E-state index contributed by atoms with van der Waals surface area (Å²) in [5, 5.41) is 3.48. The molecule has 0 unspecified atom stereocenters. The Bertz CT molecular complexity index is 238. The molecule has 2 saturated heterocycles. The molecule has 3 fully saturated rings. The first kappa shape index (κ1) is 10.1. The van der Waals surface area contributed by atoms with Crippen molar-refractivity contribution in [2.24, 2.45) is 0 Å². The van der Waals surface area contributed by atoms with Crippen molar-refractivity contribution >= 4 is 0 Å². The predicted molar refractivity (Wildman–Crippen MR) is 57.6 cm³/mol. The molecule has 2 aliphatic heterocycles. The van der Waals surface area contributed by atoms with Crippen LogP contribution in [-0.4, -0.2) is 30.6 Å². The van der Waals surface area contributed by atoms with Gasteiger partial charge < -0.3 is 14.8 Å². The lowest BCUT2D eigenvalue weighted by molar-refractivity contribution is -0.199. The minimum atomic E-state index is -0.191. The maximum absolute atomic E-state index is 6.23. The van der Waals surface area contributed by atoms with Crippen molar-refractivity contribution in [3.8, 4) is 0 Å². The molecule has 0 aromatic carbocycles. The smallest absolute Gasteiger partial charge is 0.169 e. The van der Waals surface area contributed by atoms with Crippen LogP contribution in [0.3, 0.4) is 0 Å². The van der Waals surface area contributed by atoms with Crippen molar-refractivity contribution in [1.29, 1.82) is 0 Å². The lowest BCUT2D eigenvalue weighted by atomic mass is 9.94. The number of ether oxygens (including phenoxy) is 2. The maximum atomic E-state index is 6.23. The van der Waals surface area contributed by atoms with Crippen LogP contribution in [0, 0.1) is 0 Å². The summed E-state index contributed by atoms with van der Waals surface area (Å²) in [6, 6.07) is 0.510. The molecular weight excluding hydrogens is 190 g/mol. The Kier molecular flexibility index (Phi) is 2.49. The molecule has 3 rings (SSSR count). The van der Waals surface area contributed by atoms with Gasteiger partial charge in [0.2, 0.25) is 0 Å². The van der Waals surface area contributed by atoms with E-state index in [1.165, 1.54) is 19.3 Å². The SMILES string of the molecule is CC[C@H]1NC[C@@H]2OC3(CCCCC3)O[C@@H]21. The molecule has 2 heterocycles. The lowest BCUT2D eigenvalue weighted by Crippen LogP contribution is -2.39. The number of fused-ring (bicyclic) bond motifs is 1. The predicted octanol–water partition coefficient (Wildman–Crippen LogP) is 1.81. The second-order valence-corrected chi connectivity index (χ2v) is 5.13. The molecule has 1 spiro atoms. The molecule has 15 heavy (non-hydrogen) atoms. The van der Waals surface area contributed by atoms with Gasteiger partial charge in [-0.25, -0.2) is 0 Å². The summed E-state index contributed by atoms with van der Waals surface area (Å²) in [6.45, 7) is 3.19. The molecule has 3 aliphatic rings. The Morgan fingerprint density at radius 2 is 2.00 bits per heavy atom. The molecule has 3 heteroatoms. The molecule has 3 atom stereocenters. The molecule has 1 saturated carbocycles. The Morgan fingerprint density at radius 3 is 2.73 bits per heavy atom.